The van der Waals surface area contributed by atoms with E-state index in [1.165, 1.54) is 11.1 Å². The first kappa shape index (κ1) is 14.4. The minimum absolute atomic E-state index is 0. The molecule has 0 atom stereocenters. The lowest BCUT2D eigenvalue weighted by molar-refractivity contribution is -0.00000498. The summed E-state index contributed by atoms with van der Waals surface area (Å²) in [5.74, 6) is 1.77. The van der Waals surface area contributed by atoms with Crippen molar-refractivity contribution in [3.05, 3.63) is 23.3 Å². The summed E-state index contributed by atoms with van der Waals surface area (Å²) < 4.78 is 10.5. The number of amidine groups is 1. The molecule has 3 N–H and O–H groups in total. The molecule has 0 aliphatic heterocycles. The van der Waals surface area contributed by atoms with E-state index in [1.807, 2.05) is 12.1 Å². The summed E-state index contributed by atoms with van der Waals surface area (Å²) in [6.45, 7) is 0. The Kier molecular flexibility index (Phi) is 4.67. The van der Waals surface area contributed by atoms with Crippen LogP contribution in [0, 0.1) is 5.92 Å². The van der Waals surface area contributed by atoms with Crippen LogP contribution >= 0.6 is 0 Å². The molecular weight excluding hydrogens is 256 g/mol. The average molecular weight is 273 g/mol. The van der Waals surface area contributed by atoms with Crippen LogP contribution < -0.4 is 27.6 Å². The molecule has 0 bridgehead atoms. The first-order valence-electron chi connectivity index (χ1n) is 5.40. The van der Waals surface area contributed by atoms with Gasteiger partial charge >= 0.3 is 1.43 Å². The highest BCUT2D eigenvalue weighted by molar-refractivity contribution is 5.83. The summed E-state index contributed by atoms with van der Waals surface area (Å²) in [4.78, 5) is 0. The van der Waals surface area contributed by atoms with E-state index >= 15 is 0 Å². The molecule has 100 valence electrons. The van der Waals surface area contributed by atoms with Gasteiger partial charge in [-0.1, -0.05) is 5.16 Å². The zero-order chi connectivity index (χ0) is 12.4. The maximum atomic E-state index is 8.69. The number of ether oxygens (including phenoxy) is 2. The number of hydrogen-bond donors (Lipinski definition) is 2. The molecule has 1 aliphatic carbocycles. The number of methoxy groups -OCH3 is 2. The third-order valence-electron chi connectivity index (χ3n) is 3.17. The van der Waals surface area contributed by atoms with Crippen LogP contribution in [0.4, 0.5) is 0 Å². The maximum absolute atomic E-state index is 8.69. The Morgan fingerprint density at radius 1 is 1.28 bits per heavy atom. The number of rotatable bonds is 3. The quantitative estimate of drug-likeness (QED) is 0.297. The van der Waals surface area contributed by atoms with Crippen molar-refractivity contribution in [1.82, 2.24) is 0 Å². The van der Waals surface area contributed by atoms with Crippen molar-refractivity contribution in [2.24, 2.45) is 16.8 Å². The van der Waals surface area contributed by atoms with E-state index in [0.717, 1.165) is 12.8 Å². The summed E-state index contributed by atoms with van der Waals surface area (Å²) >= 11 is 0. The molecule has 0 saturated heterocycles. The molecule has 2 rings (SSSR count). The normalized spacial score (nSPS) is 14.9. The Labute approximate surface area is 113 Å². The number of nitrogens with two attached hydrogens (primary N) is 1. The van der Waals surface area contributed by atoms with Gasteiger partial charge < -0.3 is 32.8 Å². The van der Waals surface area contributed by atoms with E-state index in [9.17, 15) is 0 Å². The maximum Gasteiger partial charge on any atom is 1.00 e. The van der Waals surface area contributed by atoms with Crippen LogP contribution in [-0.4, -0.2) is 25.3 Å². The second-order valence-corrected chi connectivity index (χ2v) is 4.11. The number of halogens is 1. The Bertz CT molecular complexity index is 436. The minimum atomic E-state index is 0. The summed E-state index contributed by atoms with van der Waals surface area (Å²) in [7, 11) is 3.22. The molecule has 18 heavy (non-hydrogen) atoms. The molecule has 1 aromatic rings. The van der Waals surface area contributed by atoms with Crippen LogP contribution in [0.5, 0.6) is 11.5 Å². The van der Waals surface area contributed by atoms with E-state index in [2.05, 4.69) is 5.16 Å². The summed E-state index contributed by atoms with van der Waals surface area (Å²) in [5.41, 5.74) is 7.97. The number of oxime groups is 1. The lowest BCUT2D eigenvalue weighted by Gasteiger charge is -2.09. The first-order chi connectivity index (χ1) is 8.19. The van der Waals surface area contributed by atoms with Crippen molar-refractivity contribution in [3.8, 4) is 11.5 Å². The second-order valence-electron chi connectivity index (χ2n) is 4.11. The highest BCUT2D eigenvalue weighted by atomic mass is 35.5. The van der Waals surface area contributed by atoms with Crippen LogP contribution in [0.3, 0.4) is 0 Å². The van der Waals surface area contributed by atoms with Gasteiger partial charge in [-0.2, -0.15) is 0 Å². The van der Waals surface area contributed by atoms with Gasteiger partial charge in [-0.15, -0.1) is 0 Å². The average Bonchev–Trinajstić information content (AvgIpc) is 2.78. The van der Waals surface area contributed by atoms with Crippen molar-refractivity contribution >= 4 is 5.84 Å². The molecule has 0 saturated carbocycles. The first-order valence-corrected chi connectivity index (χ1v) is 5.40. The fourth-order valence-electron chi connectivity index (χ4n) is 2.24. The Balaban J connectivity index is 0.00000162. The van der Waals surface area contributed by atoms with Gasteiger partial charge in [0.15, 0.2) is 11.5 Å². The molecule has 0 spiro atoms. The predicted octanol–water partition coefficient (Wildman–Crippen LogP) is -1.72. The van der Waals surface area contributed by atoms with Gasteiger partial charge in [0, 0.05) is 5.92 Å². The van der Waals surface area contributed by atoms with Crippen molar-refractivity contribution in [2.45, 2.75) is 12.8 Å². The number of nitrogens with zero attached hydrogens (tertiary/aromatic N) is 1. The Morgan fingerprint density at radius 2 is 1.72 bits per heavy atom. The van der Waals surface area contributed by atoms with Gasteiger partial charge in [0.05, 0.1) is 14.2 Å². The highest BCUT2D eigenvalue weighted by Crippen LogP contribution is 2.36. The second kappa shape index (κ2) is 5.82. The minimum Gasteiger partial charge on any atom is -1.00 e. The van der Waals surface area contributed by atoms with Gasteiger partial charge in [-0.05, 0) is 36.1 Å². The summed E-state index contributed by atoms with van der Waals surface area (Å²) in [6.07, 6.45) is 1.54. The summed E-state index contributed by atoms with van der Waals surface area (Å²) in [6, 6.07) is 3.91. The third-order valence-corrected chi connectivity index (χ3v) is 3.17. The molecule has 1 aliphatic rings. The fraction of sp³-hybridized carbons (Fsp3) is 0.417. The van der Waals surface area contributed by atoms with Gasteiger partial charge in [0.1, 0.15) is 5.84 Å². The largest absolute Gasteiger partial charge is 1.00 e. The molecule has 6 heteroatoms. The molecule has 0 radical (unpaired) electrons. The molecule has 0 fully saturated rings. The van der Waals surface area contributed by atoms with Gasteiger partial charge in [0.2, 0.25) is 0 Å². The van der Waals surface area contributed by atoms with Crippen LogP contribution in [-0.2, 0) is 12.8 Å². The van der Waals surface area contributed by atoms with E-state index in [0.29, 0.717) is 11.5 Å². The molecule has 0 amide bonds. The van der Waals surface area contributed by atoms with E-state index < -0.39 is 0 Å². The SMILES string of the molecule is COc1cc2c(cc1OC)CC(/C(N)=N/O)C2.[Cl-].[H+]. The van der Waals surface area contributed by atoms with E-state index in [4.69, 9.17) is 20.4 Å². The zero-order valence-electron chi connectivity index (χ0n) is 11.3. The van der Waals surface area contributed by atoms with E-state index in [1.54, 1.807) is 14.2 Å². The molecule has 5 nitrogen and oxygen atoms in total. The third kappa shape index (κ3) is 2.46. The molecule has 0 heterocycles. The molecule has 0 aromatic heterocycles. The van der Waals surface area contributed by atoms with Gasteiger partial charge in [0.25, 0.3) is 0 Å². The number of fused-ring (bicyclic) bond motifs is 1. The smallest absolute Gasteiger partial charge is 1.00 e. The van der Waals surface area contributed by atoms with Crippen molar-refractivity contribution in [2.75, 3.05) is 14.2 Å². The number of hydrogen-bond acceptors (Lipinski definition) is 4. The van der Waals surface area contributed by atoms with Crippen LogP contribution in [0.2, 0.25) is 0 Å². The van der Waals surface area contributed by atoms with Gasteiger partial charge in [-0.3, -0.25) is 0 Å². The highest BCUT2D eigenvalue weighted by Gasteiger charge is 2.26. The Morgan fingerprint density at radius 3 is 2.06 bits per heavy atom. The monoisotopic (exact) mass is 272 g/mol. The topological polar surface area (TPSA) is 77.1 Å². The van der Waals surface area contributed by atoms with Crippen LogP contribution in [0.25, 0.3) is 0 Å². The lowest BCUT2D eigenvalue weighted by Crippen LogP contribution is -3.00. The van der Waals surface area contributed by atoms with Crippen LogP contribution in [0.15, 0.2) is 17.3 Å². The number of benzene rings is 1. The fourth-order valence-corrected chi connectivity index (χ4v) is 2.24. The summed E-state index contributed by atoms with van der Waals surface area (Å²) in [5, 5.41) is 11.8. The Hall–Kier alpha value is -1.62. The van der Waals surface area contributed by atoms with Crippen LogP contribution in [0.1, 0.15) is 12.6 Å². The van der Waals surface area contributed by atoms with Crippen molar-refractivity contribution in [1.29, 1.82) is 0 Å². The zero-order valence-corrected chi connectivity index (χ0v) is 11.1. The molecule has 0 unspecified atom stereocenters. The van der Waals surface area contributed by atoms with Gasteiger partial charge in [-0.25, -0.2) is 0 Å². The standard InChI is InChI=1S/C12H16N2O3.ClH/c1-16-10-5-7-3-9(12(13)14-15)4-8(7)6-11(10)17-2;/h5-6,9,15H,3-4H2,1-2H3,(H2,13,14);1H. The molecule has 1 aromatic carbocycles. The van der Waals surface area contributed by atoms with E-state index in [-0.39, 0.29) is 25.6 Å². The lowest BCUT2D eigenvalue weighted by atomic mass is 10.1. The predicted molar refractivity (Wildman–Crippen MR) is 65.0 cm³/mol. The van der Waals surface area contributed by atoms with Crippen molar-refractivity contribution < 1.29 is 28.5 Å². The van der Waals surface area contributed by atoms with Crippen molar-refractivity contribution in [3.63, 3.8) is 0 Å². The molecular formula is C12H17ClN2O3.